The van der Waals surface area contributed by atoms with Gasteiger partial charge in [-0.05, 0) is 85.2 Å². The normalized spacial score (nSPS) is 18.0. The molecule has 6 nitrogen and oxygen atoms in total. The molecule has 1 fully saturated rings. The fourth-order valence-electron chi connectivity index (χ4n) is 4.85. The van der Waals surface area contributed by atoms with E-state index in [4.69, 9.17) is 26.1 Å². The van der Waals surface area contributed by atoms with Crippen molar-refractivity contribution >= 4 is 35.3 Å². The molecule has 0 radical (unpaired) electrons. The first-order valence-electron chi connectivity index (χ1n) is 11.7. The number of ether oxygens (including phenoxy) is 2. The van der Waals surface area contributed by atoms with Crippen molar-refractivity contribution in [1.82, 2.24) is 9.88 Å². The number of fused-ring (bicyclic) bond motifs is 2. The summed E-state index contributed by atoms with van der Waals surface area (Å²) in [6.07, 6.45) is 8.55. The number of nitrogens with zero attached hydrogens (tertiary/aromatic N) is 2. The lowest BCUT2D eigenvalue weighted by molar-refractivity contribution is -0.137. The maximum absolute atomic E-state index is 12.2. The highest BCUT2D eigenvalue weighted by Gasteiger charge is 2.35. The zero-order valence-corrected chi connectivity index (χ0v) is 20.3. The topological polar surface area (TPSA) is 68.7 Å². The molecule has 7 heteroatoms. The van der Waals surface area contributed by atoms with Crippen molar-refractivity contribution in [2.45, 2.75) is 32.6 Å². The third-order valence-corrected chi connectivity index (χ3v) is 6.60. The fraction of sp³-hybridized carbons (Fsp3) is 0.370. The number of esters is 1. The predicted octanol–water partition coefficient (Wildman–Crippen LogP) is 5.71. The second-order valence-electron chi connectivity index (χ2n) is 8.40. The summed E-state index contributed by atoms with van der Waals surface area (Å²) in [5.41, 5.74) is 4.99. The lowest BCUT2D eigenvalue weighted by Gasteiger charge is -2.36. The van der Waals surface area contributed by atoms with Crippen molar-refractivity contribution in [1.29, 1.82) is 0 Å². The van der Waals surface area contributed by atoms with Crippen molar-refractivity contribution in [3.05, 3.63) is 76.1 Å². The predicted molar refractivity (Wildman–Crippen MR) is 132 cm³/mol. The number of allylic oxidation sites excluding steroid dienone is 2. The molecule has 1 unspecified atom stereocenters. The number of aromatic nitrogens is 1. The number of halogens is 1. The third-order valence-electron chi connectivity index (χ3n) is 6.36. The van der Waals surface area contributed by atoms with Crippen LogP contribution in [0.1, 0.15) is 55.0 Å². The van der Waals surface area contributed by atoms with Crippen molar-refractivity contribution in [2.75, 3.05) is 26.3 Å². The second kappa shape index (κ2) is 10.9. The van der Waals surface area contributed by atoms with Crippen molar-refractivity contribution in [3.63, 3.8) is 0 Å². The van der Waals surface area contributed by atoms with E-state index in [0.717, 1.165) is 40.8 Å². The van der Waals surface area contributed by atoms with Gasteiger partial charge in [0.15, 0.2) is 0 Å². The van der Waals surface area contributed by atoms with Crippen LogP contribution in [-0.2, 0) is 14.3 Å². The fourth-order valence-corrected chi connectivity index (χ4v) is 5.02. The van der Waals surface area contributed by atoms with Crippen LogP contribution >= 0.6 is 11.6 Å². The molecule has 2 aromatic rings. The number of benzene rings is 1. The van der Waals surface area contributed by atoms with Crippen LogP contribution in [0.2, 0.25) is 5.02 Å². The number of carbonyl (C=O) groups is 2. The Morgan fingerprint density at radius 1 is 1.15 bits per heavy atom. The van der Waals surface area contributed by atoms with Crippen LogP contribution in [0, 0.1) is 5.92 Å². The van der Waals surface area contributed by atoms with Gasteiger partial charge in [0.1, 0.15) is 0 Å². The van der Waals surface area contributed by atoms with Crippen molar-refractivity contribution < 1.29 is 19.1 Å². The second-order valence-corrected chi connectivity index (χ2v) is 8.83. The summed E-state index contributed by atoms with van der Waals surface area (Å²) < 4.78 is 10.3. The molecule has 0 N–H and O–H groups in total. The number of amides is 1. The Morgan fingerprint density at radius 3 is 2.65 bits per heavy atom. The quantitative estimate of drug-likeness (QED) is 0.405. The summed E-state index contributed by atoms with van der Waals surface area (Å²) in [5.74, 6) is -0.0517. The summed E-state index contributed by atoms with van der Waals surface area (Å²) >= 11 is 6.42. The largest absolute Gasteiger partial charge is 0.463 e. The van der Waals surface area contributed by atoms with E-state index < -0.39 is 0 Å². The van der Waals surface area contributed by atoms with Gasteiger partial charge in [0.05, 0.1) is 18.9 Å². The first kappa shape index (κ1) is 24.0. The smallest absolute Gasteiger partial charge is 0.409 e. The Labute approximate surface area is 205 Å². The number of hydrogen-bond donors (Lipinski definition) is 0. The Hall–Kier alpha value is -3.12. The highest BCUT2D eigenvalue weighted by atomic mass is 35.5. The molecule has 2 aliphatic rings. The van der Waals surface area contributed by atoms with Crippen LogP contribution in [0.15, 0.2) is 48.7 Å². The van der Waals surface area contributed by atoms with Crippen LogP contribution in [0.5, 0.6) is 0 Å². The van der Waals surface area contributed by atoms with E-state index >= 15 is 0 Å². The van der Waals surface area contributed by atoms with E-state index in [-0.39, 0.29) is 18.0 Å². The minimum Gasteiger partial charge on any atom is -0.463 e. The van der Waals surface area contributed by atoms with Gasteiger partial charge in [0, 0.05) is 36.3 Å². The molecular formula is C27H29ClN2O4. The number of rotatable bonds is 5. The zero-order chi connectivity index (χ0) is 24.1. The van der Waals surface area contributed by atoms with Crippen LogP contribution < -0.4 is 0 Å². The molecular weight excluding hydrogens is 452 g/mol. The molecule has 1 saturated heterocycles. The molecule has 178 valence electrons. The molecule has 1 amide bonds. The Balaban J connectivity index is 1.73. The minimum atomic E-state index is -0.384. The Kier molecular flexibility index (Phi) is 7.68. The molecule has 1 atom stereocenters. The standard InChI is InChI=1S/C27H29ClN2O4/c1-3-33-24(31)10-7-19-16-20-6-5-13-29-26(20)25(22-9-8-21(28)17-23(19)22)18-11-14-30(15-12-18)27(32)34-4-2/h5-10,13,16-18,25H,3-4,11-12,14-15H2,1-2H3/b10-7+. The Bertz CT molecular complexity index is 1120. The van der Waals surface area contributed by atoms with Crippen LogP contribution in [0.25, 0.3) is 11.6 Å². The van der Waals surface area contributed by atoms with Crippen LogP contribution in [0.4, 0.5) is 4.79 Å². The Morgan fingerprint density at radius 2 is 1.91 bits per heavy atom. The van der Waals surface area contributed by atoms with Crippen molar-refractivity contribution in [3.8, 4) is 0 Å². The van der Waals surface area contributed by atoms with Gasteiger partial charge in [-0.3, -0.25) is 4.98 Å². The van der Waals surface area contributed by atoms with E-state index in [0.29, 0.717) is 37.2 Å². The average molecular weight is 481 g/mol. The van der Waals surface area contributed by atoms with E-state index in [1.54, 1.807) is 17.9 Å². The van der Waals surface area contributed by atoms with E-state index in [1.165, 1.54) is 6.08 Å². The van der Waals surface area contributed by atoms with E-state index in [1.807, 2.05) is 31.3 Å². The molecule has 0 saturated carbocycles. The van der Waals surface area contributed by atoms with Gasteiger partial charge in [-0.25, -0.2) is 9.59 Å². The van der Waals surface area contributed by atoms with Crippen molar-refractivity contribution in [2.24, 2.45) is 5.92 Å². The molecule has 2 heterocycles. The number of pyridine rings is 1. The van der Waals surface area contributed by atoms with Gasteiger partial charge in [0.2, 0.25) is 0 Å². The van der Waals surface area contributed by atoms with Gasteiger partial charge < -0.3 is 14.4 Å². The highest BCUT2D eigenvalue weighted by molar-refractivity contribution is 6.30. The molecule has 1 aromatic heterocycles. The summed E-state index contributed by atoms with van der Waals surface area (Å²) in [6, 6.07) is 9.89. The van der Waals surface area contributed by atoms with Crippen LogP contribution in [0.3, 0.4) is 0 Å². The lowest BCUT2D eigenvalue weighted by atomic mass is 9.76. The number of carbonyl (C=O) groups excluding carboxylic acids is 2. The molecule has 1 aliphatic carbocycles. The maximum atomic E-state index is 12.2. The van der Waals surface area contributed by atoms with E-state index in [2.05, 4.69) is 18.2 Å². The lowest BCUT2D eigenvalue weighted by Crippen LogP contribution is -2.40. The SMILES string of the molecule is CCOC(=O)/C=C/C1=Cc2cccnc2C(C2CCN(C(=O)OCC)CC2)c2ccc(Cl)cc21. The number of piperidine rings is 1. The van der Waals surface area contributed by atoms with Gasteiger partial charge in [-0.2, -0.15) is 0 Å². The summed E-state index contributed by atoms with van der Waals surface area (Å²) in [6.45, 7) is 5.60. The van der Waals surface area contributed by atoms with Crippen LogP contribution in [-0.4, -0.2) is 48.2 Å². The molecule has 1 aromatic carbocycles. The first-order chi connectivity index (χ1) is 16.5. The highest BCUT2D eigenvalue weighted by Crippen LogP contribution is 2.45. The van der Waals surface area contributed by atoms with Gasteiger partial charge in [-0.1, -0.05) is 23.7 Å². The summed E-state index contributed by atoms with van der Waals surface area (Å²) in [7, 11) is 0. The number of hydrogen-bond acceptors (Lipinski definition) is 5. The maximum Gasteiger partial charge on any atom is 0.409 e. The average Bonchev–Trinajstić information content (AvgIpc) is 2.97. The van der Waals surface area contributed by atoms with Gasteiger partial charge in [0.25, 0.3) is 0 Å². The first-order valence-corrected chi connectivity index (χ1v) is 12.1. The molecule has 34 heavy (non-hydrogen) atoms. The number of likely N-dealkylation sites (tertiary alicyclic amines) is 1. The molecule has 0 spiro atoms. The van der Waals surface area contributed by atoms with Gasteiger partial charge >= 0.3 is 12.1 Å². The van der Waals surface area contributed by atoms with E-state index in [9.17, 15) is 9.59 Å². The molecule has 4 rings (SSSR count). The monoisotopic (exact) mass is 480 g/mol. The summed E-state index contributed by atoms with van der Waals surface area (Å²) in [5, 5.41) is 0.629. The summed E-state index contributed by atoms with van der Waals surface area (Å²) in [4.78, 5) is 30.8. The molecule has 1 aliphatic heterocycles. The third kappa shape index (κ3) is 5.17. The minimum absolute atomic E-state index is 0.0394. The van der Waals surface area contributed by atoms with Gasteiger partial charge in [-0.15, -0.1) is 0 Å². The zero-order valence-electron chi connectivity index (χ0n) is 19.5. The molecule has 0 bridgehead atoms.